The van der Waals surface area contributed by atoms with E-state index in [-0.39, 0.29) is 5.54 Å². The molecule has 1 saturated heterocycles. The fraction of sp³-hybridized carbons (Fsp3) is 0.684. The molecule has 1 aliphatic rings. The molecule has 1 fully saturated rings. The van der Waals surface area contributed by atoms with Gasteiger partial charge >= 0.3 is 0 Å². The van der Waals surface area contributed by atoms with Gasteiger partial charge in [0.1, 0.15) is 0 Å². The van der Waals surface area contributed by atoms with E-state index in [1.807, 2.05) is 0 Å². The highest BCUT2D eigenvalue weighted by molar-refractivity contribution is 5.20. The minimum Gasteiger partial charge on any atom is -0.309 e. The van der Waals surface area contributed by atoms with Crippen molar-refractivity contribution in [2.75, 3.05) is 19.6 Å². The molecule has 0 spiro atoms. The molecule has 1 aliphatic heterocycles. The molecular weight excluding hydrogens is 256 g/mol. The Hall–Kier alpha value is -0.860. The van der Waals surface area contributed by atoms with E-state index in [2.05, 4.69) is 82.1 Å². The van der Waals surface area contributed by atoms with Gasteiger partial charge in [-0.05, 0) is 30.7 Å². The van der Waals surface area contributed by atoms with Gasteiger partial charge in [-0.1, -0.05) is 58.0 Å². The molecule has 2 heteroatoms. The summed E-state index contributed by atoms with van der Waals surface area (Å²) in [6.45, 7) is 17.4. The second-order valence-corrected chi connectivity index (χ2v) is 8.39. The Morgan fingerprint density at radius 1 is 1.24 bits per heavy atom. The lowest BCUT2D eigenvalue weighted by Crippen LogP contribution is -2.59. The predicted molar refractivity (Wildman–Crippen MR) is 91.5 cm³/mol. The van der Waals surface area contributed by atoms with Crippen LogP contribution in [0.5, 0.6) is 0 Å². The zero-order valence-electron chi connectivity index (χ0n) is 14.6. The molecule has 2 atom stereocenters. The molecule has 1 aromatic carbocycles. The second kappa shape index (κ2) is 6.10. The third-order valence-electron chi connectivity index (χ3n) is 4.98. The molecule has 2 nitrogen and oxygen atoms in total. The van der Waals surface area contributed by atoms with Crippen molar-refractivity contribution < 1.29 is 0 Å². The third kappa shape index (κ3) is 4.31. The van der Waals surface area contributed by atoms with Crippen LogP contribution in [0.25, 0.3) is 0 Å². The van der Waals surface area contributed by atoms with E-state index in [1.54, 1.807) is 0 Å². The average Bonchev–Trinajstić information content (AvgIpc) is 2.38. The molecule has 0 aromatic heterocycles. The van der Waals surface area contributed by atoms with Crippen LogP contribution in [0.2, 0.25) is 0 Å². The Labute approximate surface area is 130 Å². The maximum atomic E-state index is 3.71. The lowest BCUT2D eigenvalue weighted by atomic mass is 9.81. The van der Waals surface area contributed by atoms with Gasteiger partial charge in [-0.15, -0.1) is 0 Å². The molecule has 1 aromatic rings. The topological polar surface area (TPSA) is 15.3 Å². The van der Waals surface area contributed by atoms with E-state index >= 15 is 0 Å². The second-order valence-electron chi connectivity index (χ2n) is 8.39. The first-order valence-electron chi connectivity index (χ1n) is 8.23. The van der Waals surface area contributed by atoms with Crippen LogP contribution in [0.3, 0.4) is 0 Å². The Morgan fingerprint density at radius 3 is 2.43 bits per heavy atom. The van der Waals surface area contributed by atoms with Crippen LogP contribution in [-0.4, -0.2) is 30.1 Å². The Kier molecular flexibility index (Phi) is 4.79. The van der Waals surface area contributed by atoms with Gasteiger partial charge in [-0.25, -0.2) is 0 Å². The molecular formula is C19H32N2. The molecule has 0 amide bonds. The van der Waals surface area contributed by atoms with E-state index < -0.39 is 0 Å². The van der Waals surface area contributed by atoms with Crippen molar-refractivity contribution in [3.05, 3.63) is 35.9 Å². The van der Waals surface area contributed by atoms with E-state index in [0.717, 1.165) is 19.6 Å². The molecule has 21 heavy (non-hydrogen) atoms. The summed E-state index contributed by atoms with van der Waals surface area (Å²) in [6.07, 6.45) is 0. The zero-order valence-corrected chi connectivity index (χ0v) is 14.6. The first-order valence-corrected chi connectivity index (χ1v) is 8.23. The monoisotopic (exact) mass is 288 g/mol. The largest absolute Gasteiger partial charge is 0.309 e. The fourth-order valence-electron chi connectivity index (χ4n) is 3.00. The SMILES string of the molecule is CC(CN1CC(C)(C)NCC1c1ccccc1)C(C)(C)C. The van der Waals surface area contributed by atoms with Gasteiger partial charge in [0.2, 0.25) is 0 Å². The Morgan fingerprint density at radius 2 is 1.86 bits per heavy atom. The lowest BCUT2D eigenvalue weighted by molar-refractivity contribution is 0.0593. The predicted octanol–water partition coefficient (Wildman–Crippen LogP) is 4.09. The van der Waals surface area contributed by atoms with Crippen LogP contribution in [0.4, 0.5) is 0 Å². The van der Waals surface area contributed by atoms with Crippen LogP contribution in [0.15, 0.2) is 30.3 Å². The van der Waals surface area contributed by atoms with Gasteiger partial charge in [0.05, 0.1) is 0 Å². The van der Waals surface area contributed by atoms with Gasteiger partial charge in [-0.3, -0.25) is 4.90 Å². The van der Waals surface area contributed by atoms with Crippen LogP contribution in [0, 0.1) is 11.3 Å². The average molecular weight is 288 g/mol. The van der Waals surface area contributed by atoms with Crippen molar-refractivity contribution in [3.63, 3.8) is 0 Å². The third-order valence-corrected chi connectivity index (χ3v) is 4.98. The number of nitrogens with zero attached hydrogens (tertiary/aromatic N) is 1. The Balaban J connectivity index is 2.18. The van der Waals surface area contributed by atoms with Gasteiger partial charge < -0.3 is 5.32 Å². The highest BCUT2D eigenvalue weighted by atomic mass is 15.2. The van der Waals surface area contributed by atoms with Crippen LogP contribution >= 0.6 is 0 Å². The van der Waals surface area contributed by atoms with Crippen molar-refractivity contribution in [1.82, 2.24) is 10.2 Å². The van der Waals surface area contributed by atoms with Crippen molar-refractivity contribution in [2.45, 2.75) is 53.1 Å². The summed E-state index contributed by atoms with van der Waals surface area (Å²) < 4.78 is 0. The summed E-state index contributed by atoms with van der Waals surface area (Å²) in [5.41, 5.74) is 1.99. The van der Waals surface area contributed by atoms with E-state index in [4.69, 9.17) is 0 Å². The minimum absolute atomic E-state index is 0.197. The maximum Gasteiger partial charge on any atom is 0.0473 e. The first-order chi connectivity index (χ1) is 9.69. The zero-order chi connectivity index (χ0) is 15.7. The molecule has 1 heterocycles. The summed E-state index contributed by atoms with van der Waals surface area (Å²) in [7, 11) is 0. The van der Waals surface area contributed by atoms with E-state index in [9.17, 15) is 0 Å². The fourth-order valence-corrected chi connectivity index (χ4v) is 3.00. The summed E-state index contributed by atoms with van der Waals surface area (Å²) in [6, 6.07) is 11.4. The minimum atomic E-state index is 0.197. The first kappa shape index (κ1) is 16.5. The van der Waals surface area contributed by atoms with E-state index in [1.165, 1.54) is 5.56 Å². The van der Waals surface area contributed by atoms with Crippen LogP contribution in [-0.2, 0) is 0 Å². The summed E-state index contributed by atoms with van der Waals surface area (Å²) >= 11 is 0. The highest BCUT2D eigenvalue weighted by Crippen LogP contribution is 2.32. The number of hydrogen-bond donors (Lipinski definition) is 1. The standard InChI is InChI=1S/C19H32N2/c1-15(18(2,3)4)13-21-14-19(5,6)20-12-17(21)16-10-8-7-9-11-16/h7-11,15,17,20H,12-14H2,1-6H3. The molecule has 0 aliphatic carbocycles. The summed E-state index contributed by atoms with van der Waals surface area (Å²) in [5, 5.41) is 3.71. The number of rotatable bonds is 3. The molecule has 1 N–H and O–H groups in total. The molecule has 2 rings (SSSR count). The van der Waals surface area contributed by atoms with Gasteiger partial charge in [-0.2, -0.15) is 0 Å². The molecule has 2 unspecified atom stereocenters. The quantitative estimate of drug-likeness (QED) is 0.901. The number of nitrogens with one attached hydrogen (secondary N) is 1. The molecule has 0 radical (unpaired) electrons. The van der Waals surface area contributed by atoms with Gasteiger partial charge in [0.25, 0.3) is 0 Å². The number of piperazine rings is 1. The highest BCUT2D eigenvalue weighted by Gasteiger charge is 2.35. The molecule has 0 bridgehead atoms. The van der Waals surface area contributed by atoms with E-state index in [0.29, 0.717) is 17.4 Å². The summed E-state index contributed by atoms with van der Waals surface area (Å²) in [4.78, 5) is 2.68. The number of benzene rings is 1. The van der Waals surface area contributed by atoms with Gasteiger partial charge in [0.15, 0.2) is 0 Å². The van der Waals surface area contributed by atoms with Crippen molar-refractivity contribution in [1.29, 1.82) is 0 Å². The molecule has 0 saturated carbocycles. The normalized spacial score (nSPS) is 24.8. The smallest absolute Gasteiger partial charge is 0.0473 e. The van der Waals surface area contributed by atoms with Crippen molar-refractivity contribution in [3.8, 4) is 0 Å². The van der Waals surface area contributed by atoms with Crippen molar-refractivity contribution >= 4 is 0 Å². The molecule has 118 valence electrons. The Bertz CT molecular complexity index is 444. The summed E-state index contributed by atoms with van der Waals surface area (Å²) in [5.74, 6) is 0.678. The lowest BCUT2D eigenvalue weighted by Gasteiger charge is -2.47. The van der Waals surface area contributed by atoms with Crippen LogP contribution in [0.1, 0.15) is 53.1 Å². The van der Waals surface area contributed by atoms with Gasteiger partial charge in [0, 0.05) is 31.2 Å². The van der Waals surface area contributed by atoms with Crippen molar-refractivity contribution in [2.24, 2.45) is 11.3 Å². The van der Waals surface area contributed by atoms with Crippen LogP contribution < -0.4 is 5.32 Å². The maximum absolute atomic E-state index is 3.71. The number of hydrogen-bond acceptors (Lipinski definition) is 2.